The van der Waals surface area contributed by atoms with Crippen molar-refractivity contribution in [3.63, 3.8) is 0 Å². The zero-order valence-electron chi connectivity index (χ0n) is 9.89. The van der Waals surface area contributed by atoms with E-state index in [0.29, 0.717) is 5.01 Å². The maximum atomic E-state index is 11.6. The van der Waals surface area contributed by atoms with E-state index in [0.717, 1.165) is 11.3 Å². The van der Waals surface area contributed by atoms with Crippen LogP contribution in [0.5, 0.6) is 0 Å². The molecule has 0 bridgehead atoms. The van der Waals surface area contributed by atoms with E-state index in [1.54, 1.807) is 20.8 Å². The van der Waals surface area contributed by atoms with E-state index in [9.17, 15) is 9.59 Å². The predicted octanol–water partition coefficient (Wildman–Crippen LogP) is 0.583. The van der Waals surface area contributed by atoms with Crippen molar-refractivity contribution in [3.05, 3.63) is 16.1 Å². The van der Waals surface area contributed by atoms with Crippen molar-refractivity contribution in [1.29, 1.82) is 0 Å². The highest BCUT2D eigenvalue weighted by molar-refractivity contribution is 7.13. The van der Waals surface area contributed by atoms with Crippen LogP contribution in [-0.2, 0) is 9.53 Å². The minimum absolute atomic E-state index is 0.263. The molecule has 0 saturated carbocycles. The summed E-state index contributed by atoms with van der Waals surface area (Å²) in [4.78, 5) is 26.7. The van der Waals surface area contributed by atoms with Crippen molar-refractivity contribution in [2.24, 2.45) is 11.5 Å². The number of esters is 1. The van der Waals surface area contributed by atoms with Crippen LogP contribution >= 0.6 is 11.3 Å². The maximum absolute atomic E-state index is 11.6. The monoisotopic (exact) mass is 257 g/mol. The van der Waals surface area contributed by atoms with Crippen LogP contribution < -0.4 is 11.5 Å². The summed E-state index contributed by atoms with van der Waals surface area (Å²) in [6, 6.07) is -0.993. The first-order valence-corrected chi connectivity index (χ1v) is 5.76. The fraction of sp³-hybridized carbons (Fsp3) is 0.500. The number of nitrogens with two attached hydrogens (primary N) is 2. The van der Waals surface area contributed by atoms with Crippen LogP contribution in [0.1, 0.15) is 41.5 Å². The highest BCUT2D eigenvalue weighted by Gasteiger charge is 2.26. The van der Waals surface area contributed by atoms with E-state index < -0.39 is 23.5 Å². The van der Waals surface area contributed by atoms with E-state index in [4.69, 9.17) is 16.2 Å². The van der Waals surface area contributed by atoms with Gasteiger partial charge in [-0.25, -0.2) is 9.78 Å². The summed E-state index contributed by atoms with van der Waals surface area (Å²) >= 11 is 0.992. The topological polar surface area (TPSA) is 108 Å². The number of hydrogen-bond acceptors (Lipinski definition) is 6. The summed E-state index contributed by atoms with van der Waals surface area (Å²) in [6.45, 7) is 5.23. The second kappa shape index (κ2) is 4.80. The second-order valence-electron chi connectivity index (χ2n) is 4.44. The van der Waals surface area contributed by atoms with Crippen LogP contribution in [0.4, 0.5) is 0 Å². The molecule has 0 aliphatic heterocycles. The van der Waals surface area contributed by atoms with Crippen molar-refractivity contribution in [1.82, 2.24) is 4.98 Å². The average Bonchev–Trinajstić information content (AvgIpc) is 2.62. The zero-order chi connectivity index (χ0) is 13.2. The number of primary amides is 1. The summed E-state index contributed by atoms with van der Waals surface area (Å²) in [5.41, 5.74) is 10.1. The average molecular weight is 257 g/mol. The molecule has 0 fully saturated rings. The lowest BCUT2D eigenvalue weighted by molar-refractivity contribution is -0.156. The Labute approximate surface area is 103 Å². The van der Waals surface area contributed by atoms with Gasteiger partial charge in [-0.15, -0.1) is 11.3 Å². The van der Waals surface area contributed by atoms with Gasteiger partial charge >= 0.3 is 5.97 Å². The van der Waals surface area contributed by atoms with Crippen LogP contribution in [0.15, 0.2) is 6.20 Å². The van der Waals surface area contributed by atoms with Gasteiger partial charge in [-0.05, 0) is 20.8 Å². The third kappa shape index (κ3) is 3.79. The SMILES string of the molecule is CC(C)(C)OC(=O)C(N)c1ncc(C(N)=O)s1. The molecular weight excluding hydrogens is 242 g/mol. The Morgan fingerprint density at radius 3 is 2.47 bits per heavy atom. The van der Waals surface area contributed by atoms with E-state index in [1.165, 1.54) is 6.20 Å². The van der Waals surface area contributed by atoms with Crippen LogP contribution in [-0.4, -0.2) is 22.5 Å². The first-order chi connectivity index (χ1) is 7.70. The van der Waals surface area contributed by atoms with Crippen molar-refractivity contribution in [2.75, 3.05) is 0 Å². The molecule has 1 aromatic heterocycles. The molecule has 0 spiro atoms. The lowest BCUT2D eigenvalue weighted by Gasteiger charge is -2.21. The lowest BCUT2D eigenvalue weighted by atomic mass is 10.2. The van der Waals surface area contributed by atoms with Crippen LogP contribution in [0, 0.1) is 0 Å². The Morgan fingerprint density at radius 2 is 2.06 bits per heavy atom. The molecule has 94 valence electrons. The number of carbonyl (C=O) groups excluding carboxylic acids is 2. The number of ether oxygens (including phenoxy) is 1. The number of hydrogen-bond donors (Lipinski definition) is 2. The molecule has 0 aliphatic carbocycles. The van der Waals surface area contributed by atoms with Crippen LogP contribution in [0.3, 0.4) is 0 Å². The van der Waals surface area contributed by atoms with Gasteiger partial charge in [-0.2, -0.15) is 0 Å². The van der Waals surface area contributed by atoms with Crippen LogP contribution in [0.25, 0.3) is 0 Å². The van der Waals surface area contributed by atoms with Gasteiger partial charge in [-0.1, -0.05) is 0 Å². The zero-order valence-corrected chi connectivity index (χ0v) is 10.7. The van der Waals surface area contributed by atoms with Gasteiger partial charge in [0.05, 0.1) is 6.20 Å². The molecule has 7 heteroatoms. The van der Waals surface area contributed by atoms with Gasteiger partial charge in [-0.3, -0.25) is 4.79 Å². The summed E-state index contributed by atoms with van der Waals surface area (Å²) in [5.74, 6) is -1.17. The quantitative estimate of drug-likeness (QED) is 0.770. The van der Waals surface area contributed by atoms with Gasteiger partial charge in [0.1, 0.15) is 15.5 Å². The summed E-state index contributed by atoms with van der Waals surface area (Å²) in [5, 5.41) is 0.313. The standard InChI is InChI=1S/C10H15N3O3S/c1-10(2,3)16-9(15)6(11)8-13-4-5(17-8)7(12)14/h4,6H,11H2,1-3H3,(H2,12,14). The normalized spacial score (nSPS) is 13.2. The Kier molecular flexibility index (Phi) is 3.84. The van der Waals surface area contributed by atoms with E-state index in [1.807, 2.05) is 0 Å². The van der Waals surface area contributed by atoms with E-state index in [2.05, 4.69) is 4.98 Å². The largest absolute Gasteiger partial charge is 0.458 e. The molecule has 1 atom stereocenters. The van der Waals surface area contributed by atoms with E-state index in [-0.39, 0.29) is 4.88 Å². The second-order valence-corrected chi connectivity index (χ2v) is 5.50. The highest BCUT2D eigenvalue weighted by Crippen LogP contribution is 2.21. The smallest absolute Gasteiger partial charge is 0.330 e. The summed E-state index contributed by atoms with van der Waals surface area (Å²) < 4.78 is 5.11. The maximum Gasteiger partial charge on any atom is 0.330 e. The molecule has 0 aliphatic rings. The van der Waals surface area contributed by atoms with Gasteiger partial charge in [0.15, 0.2) is 6.04 Å². The molecule has 1 aromatic rings. The summed E-state index contributed by atoms with van der Waals surface area (Å²) in [6.07, 6.45) is 1.30. The van der Waals surface area contributed by atoms with Gasteiger partial charge in [0.2, 0.25) is 0 Å². The molecule has 1 unspecified atom stereocenters. The Morgan fingerprint density at radius 1 is 1.47 bits per heavy atom. The minimum atomic E-state index is -0.993. The van der Waals surface area contributed by atoms with Gasteiger partial charge in [0.25, 0.3) is 5.91 Å². The highest BCUT2D eigenvalue weighted by atomic mass is 32.1. The number of thiazole rings is 1. The Hall–Kier alpha value is -1.47. The molecule has 1 heterocycles. The first kappa shape index (κ1) is 13.6. The number of carbonyl (C=O) groups is 2. The molecule has 0 saturated heterocycles. The van der Waals surface area contributed by atoms with Crippen molar-refractivity contribution < 1.29 is 14.3 Å². The van der Waals surface area contributed by atoms with Crippen molar-refractivity contribution >= 4 is 23.2 Å². The molecule has 0 radical (unpaired) electrons. The van der Waals surface area contributed by atoms with Crippen LogP contribution in [0.2, 0.25) is 0 Å². The third-order valence-electron chi connectivity index (χ3n) is 1.69. The molecule has 0 aromatic carbocycles. The number of nitrogens with zero attached hydrogens (tertiary/aromatic N) is 1. The van der Waals surface area contributed by atoms with Crippen molar-refractivity contribution in [3.8, 4) is 0 Å². The summed E-state index contributed by atoms with van der Waals surface area (Å²) in [7, 11) is 0. The molecule has 17 heavy (non-hydrogen) atoms. The first-order valence-electron chi connectivity index (χ1n) is 4.94. The third-order valence-corrected chi connectivity index (χ3v) is 2.79. The Balaban J connectivity index is 2.78. The van der Waals surface area contributed by atoms with Crippen molar-refractivity contribution in [2.45, 2.75) is 32.4 Å². The number of aromatic nitrogens is 1. The predicted molar refractivity (Wildman–Crippen MR) is 63.4 cm³/mol. The van der Waals surface area contributed by atoms with E-state index >= 15 is 0 Å². The molecule has 4 N–H and O–H groups in total. The lowest BCUT2D eigenvalue weighted by Crippen LogP contribution is -2.31. The number of rotatable bonds is 3. The minimum Gasteiger partial charge on any atom is -0.458 e. The molecule has 6 nitrogen and oxygen atoms in total. The Bertz CT molecular complexity index is 436. The van der Waals surface area contributed by atoms with Gasteiger partial charge in [0, 0.05) is 0 Å². The fourth-order valence-corrected chi connectivity index (χ4v) is 1.77. The number of amides is 1. The molecule has 1 rings (SSSR count). The molecule has 1 amide bonds. The fourth-order valence-electron chi connectivity index (χ4n) is 1.01. The van der Waals surface area contributed by atoms with Gasteiger partial charge < -0.3 is 16.2 Å². The molecular formula is C10H15N3O3S.